The number of halogens is 2. The highest BCUT2D eigenvalue weighted by atomic mass is 19.1. The van der Waals surface area contributed by atoms with E-state index in [9.17, 15) is 32.8 Å². The van der Waals surface area contributed by atoms with E-state index >= 15 is 0 Å². The summed E-state index contributed by atoms with van der Waals surface area (Å²) in [6, 6.07) is 14.0. The van der Waals surface area contributed by atoms with Crippen molar-refractivity contribution in [2.45, 2.75) is 70.4 Å². The van der Waals surface area contributed by atoms with Gasteiger partial charge in [-0.1, -0.05) is 25.0 Å². The SMILES string of the molecule is Cc1c(NC(=O)CN2CCC(C(=O)N3CCCC3C(=O)Nc3cccc(C(=O)NC4CCCC4)c3)CC2)cccc1C(=O)Nc1cc(F)ccc1F. The van der Waals surface area contributed by atoms with Gasteiger partial charge in [0, 0.05) is 47.1 Å². The predicted molar refractivity (Wildman–Crippen MR) is 193 cm³/mol. The fourth-order valence-corrected chi connectivity index (χ4v) is 7.37. The van der Waals surface area contributed by atoms with Gasteiger partial charge in [0.05, 0.1) is 12.2 Å². The summed E-state index contributed by atoms with van der Waals surface area (Å²) >= 11 is 0. The smallest absolute Gasteiger partial charge is 0.256 e. The maximum absolute atomic E-state index is 14.1. The molecule has 2 aliphatic heterocycles. The molecule has 0 radical (unpaired) electrons. The van der Waals surface area contributed by atoms with Crippen molar-refractivity contribution in [3.8, 4) is 0 Å². The van der Waals surface area contributed by atoms with Crippen LogP contribution in [0, 0.1) is 24.5 Å². The van der Waals surface area contributed by atoms with Crippen molar-refractivity contribution in [3.05, 3.63) is 89.0 Å². The van der Waals surface area contributed by atoms with Crippen molar-refractivity contribution in [2.75, 3.05) is 42.1 Å². The molecule has 3 fully saturated rings. The van der Waals surface area contributed by atoms with Gasteiger partial charge in [-0.15, -0.1) is 0 Å². The zero-order valence-corrected chi connectivity index (χ0v) is 29.2. The molecule has 6 rings (SSSR count). The Morgan fingerprint density at radius 3 is 2.27 bits per heavy atom. The van der Waals surface area contributed by atoms with E-state index in [1.54, 1.807) is 48.2 Å². The summed E-state index contributed by atoms with van der Waals surface area (Å²) in [5, 5.41) is 11.2. The molecule has 1 unspecified atom stereocenters. The number of piperidine rings is 1. The van der Waals surface area contributed by atoms with E-state index in [0.29, 0.717) is 61.4 Å². The molecule has 13 heteroatoms. The van der Waals surface area contributed by atoms with Crippen molar-refractivity contribution in [1.29, 1.82) is 0 Å². The number of rotatable bonds is 10. The van der Waals surface area contributed by atoms with Crippen LogP contribution in [0.1, 0.15) is 77.6 Å². The number of amides is 5. The fraction of sp³-hybridized carbons (Fsp3) is 0.410. The summed E-state index contributed by atoms with van der Waals surface area (Å²) in [5.41, 5.74) is 1.79. The number of hydrogen-bond acceptors (Lipinski definition) is 6. The molecule has 3 aromatic rings. The van der Waals surface area contributed by atoms with Gasteiger partial charge in [0.25, 0.3) is 11.8 Å². The van der Waals surface area contributed by atoms with Gasteiger partial charge >= 0.3 is 0 Å². The summed E-state index contributed by atoms with van der Waals surface area (Å²) in [6.45, 7) is 3.27. The van der Waals surface area contributed by atoms with E-state index in [1.165, 1.54) is 6.07 Å². The Bertz CT molecular complexity index is 1840. The predicted octanol–water partition coefficient (Wildman–Crippen LogP) is 5.48. The minimum atomic E-state index is -0.771. The van der Waals surface area contributed by atoms with Gasteiger partial charge in [-0.25, -0.2) is 8.78 Å². The number of carbonyl (C=O) groups is 5. The van der Waals surface area contributed by atoms with E-state index < -0.39 is 23.6 Å². The number of carbonyl (C=O) groups excluding carboxylic acids is 5. The van der Waals surface area contributed by atoms with E-state index in [2.05, 4.69) is 21.3 Å². The van der Waals surface area contributed by atoms with Crippen LogP contribution in [0.3, 0.4) is 0 Å². The fourth-order valence-electron chi connectivity index (χ4n) is 7.37. The first-order chi connectivity index (χ1) is 25.0. The van der Waals surface area contributed by atoms with Crippen LogP contribution in [0.4, 0.5) is 25.8 Å². The van der Waals surface area contributed by atoms with Gasteiger partial charge in [0.2, 0.25) is 17.7 Å². The maximum atomic E-state index is 14.1. The Kier molecular flexibility index (Phi) is 11.6. The first kappa shape index (κ1) is 36.6. The number of nitrogens with one attached hydrogen (secondary N) is 4. The Balaban J connectivity index is 0.979. The molecule has 2 saturated heterocycles. The van der Waals surface area contributed by atoms with Crippen LogP contribution in [0.2, 0.25) is 0 Å². The molecule has 5 amide bonds. The first-order valence-electron chi connectivity index (χ1n) is 18.0. The molecular formula is C39H44F2N6O5. The lowest BCUT2D eigenvalue weighted by molar-refractivity contribution is -0.141. The van der Waals surface area contributed by atoms with Crippen LogP contribution in [0.15, 0.2) is 60.7 Å². The molecule has 0 bridgehead atoms. The topological polar surface area (TPSA) is 140 Å². The lowest BCUT2D eigenvalue weighted by Gasteiger charge is -2.34. The van der Waals surface area contributed by atoms with Crippen molar-refractivity contribution in [3.63, 3.8) is 0 Å². The minimum absolute atomic E-state index is 0.0599. The largest absolute Gasteiger partial charge is 0.349 e. The van der Waals surface area contributed by atoms with Crippen molar-refractivity contribution >= 4 is 46.6 Å². The number of hydrogen-bond donors (Lipinski definition) is 4. The van der Waals surface area contributed by atoms with E-state index in [1.807, 2.05) is 4.90 Å². The van der Waals surface area contributed by atoms with Crippen LogP contribution in [-0.4, -0.2) is 77.6 Å². The summed E-state index contributed by atoms with van der Waals surface area (Å²) in [4.78, 5) is 69.3. The number of anilines is 3. The second kappa shape index (κ2) is 16.4. The third kappa shape index (κ3) is 8.82. The highest BCUT2D eigenvalue weighted by Crippen LogP contribution is 2.27. The molecule has 3 aromatic carbocycles. The molecule has 52 heavy (non-hydrogen) atoms. The standard InChI is InChI=1S/C39H44F2N6O5/c1-24-30(37(50)45-33-22-27(40)14-15-31(33)41)11-5-12-32(24)44-35(48)23-46-19-16-25(17-20-46)39(52)47-18-6-13-34(47)38(51)43-29-10-4-7-26(21-29)36(49)42-28-8-2-3-9-28/h4-5,7,10-12,14-15,21-22,25,28,34H,2-3,6,8-9,13,16-20,23H2,1H3,(H,42,49)(H,43,51)(H,44,48)(H,45,50). The average molecular weight is 715 g/mol. The molecule has 11 nitrogen and oxygen atoms in total. The quantitative estimate of drug-likeness (QED) is 0.220. The summed E-state index contributed by atoms with van der Waals surface area (Å²) in [6.07, 6.45) is 6.54. The number of benzene rings is 3. The Morgan fingerprint density at radius 1 is 0.750 bits per heavy atom. The normalized spacial score (nSPS) is 18.2. The zero-order valence-electron chi connectivity index (χ0n) is 29.2. The van der Waals surface area contributed by atoms with Crippen LogP contribution in [-0.2, 0) is 14.4 Å². The van der Waals surface area contributed by atoms with Crippen molar-refractivity contribution in [1.82, 2.24) is 15.1 Å². The lowest BCUT2D eigenvalue weighted by Crippen LogP contribution is -2.48. The van der Waals surface area contributed by atoms with Crippen LogP contribution < -0.4 is 21.3 Å². The molecule has 4 N–H and O–H groups in total. The molecule has 1 atom stereocenters. The second-order valence-corrected chi connectivity index (χ2v) is 13.9. The highest BCUT2D eigenvalue weighted by Gasteiger charge is 2.38. The molecule has 1 aliphatic carbocycles. The van der Waals surface area contributed by atoms with E-state index in [0.717, 1.165) is 50.3 Å². The Labute approximate surface area is 301 Å². The van der Waals surface area contributed by atoms with Gasteiger partial charge in [0.1, 0.15) is 17.7 Å². The van der Waals surface area contributed by atoms with E-state index in [-0.39, 0.29) is 53.4 Å². The van der Waals surface area contributed by atoms with Crippen LogP contribution in [0.5, 0.6) is 0 Å². The van der Waals surface area contributed by atoms with Gasteiger partial charge in [0.15, 0.2) is 0 Å². The molecule has 3 aliphatic rings. The number of nitrogens with zero attached hydrogens (tertiary/aromatic N) is 2. The lowest BCUT2D eigenvalue weighted by atomic mass is 9.95. The summed E-state index contributed by atoms with van der Waals surface area (Å²) in [5.74, 6) is -3.15. The minimum Gasteiger partial charge on any atom is -0.349 e. The highest BCUT2D eigenvalue weighted by molar-refractivity contribution is 6.07. The molecule has 2 heterocycles. The Morgan fingerprint density at radius 2 is 1.50 bits per heavy atom. The number of likely N-dealkylation sites (tertiary alicyclic amines) is 2. The van der Waals surface area contributed by atoms with Gasteiger partial charge in [-0.05, 0) is 107 Å². The van der Waals surface area contributed by atoms with Crippen LogP contribution in [0.25, 0.3) is 0 Å². The first-order valence-corrected chi connectivity index (χ1v) is 18.0. The molecule has 1 saturated carbocycles. The van der Waals surface area contributed by atoms with Crippen molar-refractivity contribution in [2.24, 2.45) is 5.92 Å². The monoisotopic (exact) mass is 714 g/mol. The summed E-state index contributed by atoms with van der Waals surface area (Å²) < 4.78 is 27.7. The molecule has 0 aromatic heterocycles. The molecule has 0 spiro atoms. The van der Waals surface area contributed by atoms with Gasteiger partial charge in [-0.3, -0.25) is 28.9 Å². The zero-order chi connectivity index (χ0) is 36.8. The van der Waals surface area contributed by atoms with Crippen LogP contribution >= 0.6 is 0 Å². The third-order valence-electron chi connectivity index (χ3n) is 10.3. The van der Waals surface area contributed by atoms with E-state index in [4.69, 9.17) is 0 Å². The Hall–Kier alpha value is -5.17. The third-order valence-corrected chi connectivity index (χ3v) is 10.3. The maximum Gasteiger partial charge on any atom is 0.256 e. The molecular weight excluding hydrogens is 670 g/mol. The second-order valence-electron chi connectivity index (χ2n) is 13.9. The molecule has 274 valence electrons. The van der Waals surface area contributed by atoms with Crippen molar-refractivity contribution < 1.29 is 32.8 Å². The average Bonchev–Trinajstić information content (AvgIpc) is 3.84. The van der Waals surface area contributed by atoms with Gasteiger partial charge in [-0.2, -0.15) is 0 Å². The summed E-state index contributed by atoms with van der Waals surface area (Å²) in [7, 11) is 0. The van der Waals surface area contributed by atoms with Gasteiger partial charge < -0.3 is 26.2 Å².